The number of anilines is 1. The number of hydrogen-bond acceptors (Lipinski definition) is 6. The second-order valence-corrected chi connectivity index (χ2v) is 6.54. The number of fused-ring (bicyclic) bond motifs is 1. The molecule has 0 unspecified atom stereocenters. The SMILES string of the molecule is O=C(OCc1cccc([N+](=O)[O-])c1)c1ccc2c(c1)C(=O)N(c1ccccc1)C2=O. The molecule has 2 amide bonds. The van der Waals surface area contributed by atoms with Crippen LogP contribution in [0.4, 0.5) is 11.4 Å². The van der Waals surface area contributed by atoms with Crippen LogP contribution in [0.15, 0.2) is 72.8 Å². The molecular weight excluding hydrogens is 388 g/mol. The first-order valence-electron chi connectivity index (χ1n) is 8.94. The average molecular weight is 402 g/mol. The van der Waals surface area contributed by atoms with Crippen LogP contribution in [0.3, 0.4) is 0 Å². The Kier molecular flexibility index (Phi) is 4.81. The van der Waals surface area contributed by atoms with Gasteiger partial charge in [0.25, 0.3) is 17.5 Å². The number of carbonyl (C=O) groups excluding carboxylic acids is 3. The Balaban J connectivity index is 1.53. The smallest absolute Gasteiger partial charge is 0.338 e. The third-order valence-corrected chi connectivity index (χ3v) is 4.63. The molecule has 0 saturated heterocycles. The van der Waals surface area contributed by atoms with Crippen LogP contribution in [-0.2, 0) is 11.3 Å². The van der Waals surface area contributed by atoms with Gasteiger partial charge in [-0.3, -0.25) is 19.7 Å². The molecule has 0 aromatic heterocycles. The predicted molar refractivity (Wildman–Crippen MR) is 106 cm³/mol. The number of nitro benzene ring substituents is 1. The molecule has 30 heavy (non-hydrogen) atoms. The number of hydrogen-bond donors (Lipinski definition) is 0. The molecule has 0 radical (unpaired) electrons. The van der Waals surface area contributed by atoms with Crippen LogP contribution in [0.2, 0.25) is 0 Å². The average Bonchev–Trinajstić information content (AvgIpc) is 3.02. The van der Waals surface area contributed by atoms with Crippen molar-refractivity contribution >= 4 is 29.2 Å². The van der Waals surface area contributed by atoms with Crippen LogP contribution in [0.1, 0.15) is 36.6 Å². The van der Waals surface area contributed by atoms with E-state index in [1.807, 2.05) is 0 Å². The van der Waals surface area contributed by atoms with Gasteiger partial charge in [0.2, 0.25) is 0 Å². The van der Waals surface area contributed by atoms with E-state index < -0.39 is 22.7 Å². The highest BCUT2D eigenvalue weighted by atomic mass is 16.6. The van der Waals surface area contributed by atoms with Gasteiger partial charge in [-0.25, -0.2) is 9.69 Å². The van der Waals surface area contributed by atoms with Gasteiger partial charge in [-0.05, 0) is 35.9 Å². The standard InChI is InChI=1S/C22H14N2O6/c25-20-18-10-9-15(12-19(18)21(26)23(20)16-6-2-1-3-7-16)22(27)30-13-14-5-4-8-17(11-14)24(28)29/h1-12H,13H2. The Morgan fingerprint density at radius 1 is 0.900 bits per heavy atom. The zero-order chi connectivity index (χ0) is 21.3. The molecule has 0 bridgehead atoms. The summed E-state index contributed by atoms with van der Waals surface area (Å²) in [6, 6.07) is 18.4. The van der Waals surface area contributed by atoms with Gasteiger partial charge < -0.3 is 4.74 Å². The number of non-ortho nitro benzene ring substituents is 1. The van der Waals surface area contributed by atoms with E-state index in [0.29, 0.717) is 11.3 Å². The molecule has 1 aliphatic rings. The van der Waals surface area contributed by atoms with E-state index in [0.717, 1.165) is 4.90 Å². The van der Waals surface area contributed by atoms with Crippen molar-refractivity contribution in [2.75, 3.05) is 4.90 Å². The fourth-order valence-electron chi connectivity index (χ4n) is 3.17. The second-order valence-electron chi connectivity index (χ2n) is 6.54. The lowest BCUT2D eigenvalue weighted by Gasteiger charge is -2.13. The van der Waals surface area contributed by atoms with Gasteiger partial charge in [-0.2, -0.15) is 0 Å². The maximum Gasteiger partial charge on any atom is 0.338 e. The number of esters is 1. The lowest BCUT2D eigenvalue weighted by Crippen LogP contribution is -2.29. The molecule has 0 fully saturated rings. The number of nitro groups is 1. The maximum absolute atomic E-state index is 12.8. The minimum atomic E-state index is -0.706. The van der Waals surface area contributed by atoms with Crippen LogP contribution in [-0.4, -0.2) is 22.7 Å². The number of para-hydroxylation sites is 1. The second kappa shape index (κ2) is 7.59. The Morgan fingerprint density at radius 2 is 1.63 bits per heavy atom. The Labute approximate surface area is 170 Å². The molecule has 148 valence electrons. The first kappa shape index (κ1) is 19.0. The van der Waals surface area contributed by atoms with Gasteiger partial charge in [0, 0.05) is 12.1 Å². The summed E-state index contributed by atoms with van der Waals surface area (Å²) >= 11 is 0. The van der Waals surface area contributed by atoms with Gasteiger partial charge in [0.05, 0.1) is 27.3 Å². The van der Waals surface area contributed by atoms with Crippen molar-refractivity contribution in [2.45, 2.75) is 6.61 Å². The van der Waals surface area contributed by atoms with Crippen molar-refractivity contribution in [1.82, 2.24) is 0 Å². The van der Waals surface area contributed by atoms with Crippen LogP contribution in [0.25, 0.3) is 0 Å². The fraction of sp³-hybridized carbons (Fsp3) is 0.0455. The number of ether oxygens (including phenoxy) is 1. The highest BCUT2D eigenvalue weighted by Crippen LogP contribution is 2.29. The summed E-state index contributed by atoms with van der Waals surface area (Å²) in [4.78, 5) is 49.1. The summed E-state index contributed by atoms with van der Waals surface area (Å²) in [5.74, 6) is -1.69. The van der Waals surface area contributed by atoms with E-state index in [-0.39, 0.29) is 29.0 Å². The zero-order valence-electron chi connectivity index (χ0n) is 15.5. The highest BCUT2D eigenvalue weighted by Gasteiger charge is 2.37. The summed E-state index contributed by atoms with van der Waals surface area (Å²) in [7, 11) is 0. The zero-order valence-corrected chi connectivity index (χ0v) is 15.5. The quantitative estimate of drug-likeness (QED) is 0.278. The summed E-state index contributed by atoms with van der Waals surface area (Å²) < 4.78 is 5.21. The molecule has 3 aromatic rings. The van der Waals surface area contributed by atoms with Gasteiger partial charge in [0.15, 0.2) is 0 Å². The van der Waals surface area contributed by atoms with Crippen molar-refractivity contribution in [2.24, 2.45) is 0 Å². The van der Waals surface area contributed by atoms with E-state index in [1.165, 1.54) is 36.4 Å². The summed E-state index contributed by atoms with van der Waals surface area (Å²) in [6.45, 7) is -0.166. The summed E-state index contributed by atoms with van der Waals surface area (Å²) in [5.41, 5.74) is 1.23. The molecule has 0 aliphatic carbocycles. The van der Waals surface area contributed by atoms with Crippen molar-refractivity contribution in [3.8, 4) is 0 Å². The molecule has 0 N–H and O–H groups in total. The summed E-state index contributed by atoms with van der Waals surface area (Å²) in [5, 5.41) is 10.8. The molecule has 4 rings (SSSR count). The third-order valence-electron chi connectivity index (χ3n) is 4.63. The first-order chi connectivity index (χ1) is 14.5. The van der Waals surface area contributed by atoms with Gasteiger partial charge in [-0.15, -0.1) is 0 Å². The minimum Gasteiger partial charge on any atom is -0.457 e. The highest BCUT2D eigenvalue weighted by molar-refractivity contribution is 6.34. The van der Waals surface area contributed by atoms with Crippen LogP contribution in [0.5, 0.6) is 0 Å². The van der Waals surface area contributed by atoms with E-state index in [4.69, 9.17) is 4.74 Å². The lowest BCUT2D eigenvalue weighted by atomic mass is 10.1. The van der Waals surface area contributed by atoms with E-state index in [2.05, 4.69) is 0 Å². The van der Waals surface area contributed by atoms with Crippen LogP contribution >= 0.6 is 0 Å². The Bertz CT molecular complexity index is 1190. The molecule has 8 heteroatoms. The number of imide groups is 1. The van der Waals surface area contributed by atoms with Crippen molar-refractivity contribution in [3.63, 3.8) is 0 Å². The lowest BCUT2D eigenvalue weighted by molar-refractivity contribution is -0.384. The molecule has 0 spiro atoms. The van der Waals surface area contributed by atoms with Gasteiger partial charge in [0.1, 0.15) is 6.61 Å². The van der Waals surface area contributed by atoms with E-state index >= 15 is 0 Å². The van der Waals surface area contributed by atoms with Crippen LogP contribution in [0, 0.1) is 10.1 Å². The van der Waals surface area contributed by atoms with Crippen molar-refractivity contribution < 1.29 is 24.0 Å². The Hall–Kier alpha value is -4.33. The number of carbonyl (C=O) groups is 3. The monoisotopic (exact) mass is 402 g/mol. The molecule has 3 aromatic carbocycles. The number of rotatable bonds is 5. The predicted octanol–water partition coefficient (Wildman–Crippen LogP) is 3.75. The molecule has 0 atom stereocenters. The molecular formula is C22H14N2O6. The Morgan fingerprint density at radius 3 is 2.37 bits per heavy atom. The van der Waals surface area contributed by atoms with Gasteiger partial charge >= 0.3 is 5.97 Å². The molecule has 0 saturated carbocycles. The number of amides is 2. The molecule has 1 heterocycles. The largest absolute Gasteiger partial charge is 0.457 e. The van der Waals surface area contributed by atoms with E-state index in [1.54, 1.807) is 36.4 Å². The topological polar surface area (TPSA) is 107 Å². The van der Waals surface area contributed by atoms with Gasteiger partial charge in [-0.1, -0.05) is 30.3 Å². The van der Waals surface area contributed by atoms with Crippen molar-refractivity contribution in [3.05, 3.63) is 105 Å². The first-order valence-corrected chi connectivity index (χ1v) is 8.94. The van der Waals surface area contributed by atoms with E-state index in [9.17, 15) is 24.5 Å². The van der Waals surface area contributed by atoms with Crippen molar-refractivity contribution in [1.29, 1.82) is 0 Å². The molecule has 8 nitrogen and oxygen atoms in total. The molecule has 1 aliphatic heterocycles. The third kappa shape index (κ3) is 3.42. The number of nitrogens with zero attached hydrogens (tertiary/aromatic N) is 2. The fourth-order valence-corrected chi connectivity index (χ4v) is 3.17. The normalized spacial score (nSPS) is 12.6. The number of benzene rings is 3. The summed E-state index contributed by atoms with van der Waals surface area (Å²) in [6.07, 6.45) is 0. The van der Waals surface area contributed by atoms with Crippen LogP contribution < -0.4 is 4.90 Å². The maximum atomic E-state index is 12.8. The minimum absolute atomic E-state index is 0.105.